The van der Waals surface area contributed by atoms with Gasteiger partial charge in [-0.3, -0.25) is 9.69 Å². The molecule has 2 rings (SSSR count). The number of hydrogen-bond acceptors (Lipinski definition) is 4. The van der Waals surface area contributed by atoms with Gasteiger partial charge in [-0.2, -0.15) is 0 Å². The van der Waals surface area contributed by atoms with E-state index in [1.165, 1.54) is 0 Å². The van der Waals surface area contributed by atoms with Gasteiger partial charge in [0.2, 0.25) is 5.91 Å². The summed E-state index contributed by atoms with van der Waals surface area (Å²) in [6, 6.07) is 3.83. The minimum Gasteiger partial charge on any atom is -0.468 e. The Morgan fingerprint density at radius 3 is 2.79 bits per heavy atom. The van der Waals surface area contributed by atoms with E-state index in [-0.39, 0.29) is 17.5 Å². The topological polar surface area (TPSA) is 71.5 Å². The number of nitrogens with two attached hydrogens (primary N) is 1. The molecule has 0 bridgehead atoms. The summed E-state index contributed by atoms with van der Waals surface area (Å²) in [6.07, 6.45) is 5.12. The molecule has 1 aliphatic carbocycles. The first kappa shape index (κ1) is 14.1. The molecule has 3 N–H and O–H groups in total. The molecule has 1 amide bonds. The summed E-state index contributed by atoms with van der Waals surface area (Å²) in [6.45, 7) is 0.537. The van der Waals surface area contributed by atoms with Crippen LogP contribution in [0.2, 0.25) is 0 Å². The zero-order valence-electron chi connectivity index (χ0n) is 11.7. The lowest BCUT2D eigenvalue weighted by molar-refractivity contribution is -0.123. The van der Waals surface area contributed by atoms with Gasteiger partial charge in [0.25, 0.3) is 0 Å². The highest BCUT2D eigenvalue weighted by Crippen LogP contribution is 2.32. The molecule has 19 heavy (non-hydrogen) atoms. The third kappa shape index (κ3) is 3.58. The van der Waals surface area contributed by atoms with Crippen molar-refractivity contribution >= 4 is 5.91 Å². The minimum atomic E-state index is -0.262. The largest absolute Gasteiger partial charge is 0.468 e. The van der Waals surface area contributed by atoms with E-state index in [1.807, 2.05) is 31.1 Å². The fraction of sp³-hybridized carbons (Fsp3) is 0.643. The highest BCUT2D eigenvalue weighted by atomic mass is 16.3. The smallest absolute Gasteiger partial charge is 0.221 e. The summed E-state index contributed by atoms with van der Waals surface area (Å²) in [7, 11) is 3.94. The van der Waals surface area contributed by atoms with Crippen LogP contribution < -0.4 is 11.1 Å². The first-order valence-electron chi connectivity index (χ1n) is 6.76. The minimum absolute atomic E-state index is 0.0283. The van der Waals surface area contributed by atoms with Gasteiger partial charge in [0.15, 0.2) is 0 Å². The second-order valence-corrected chi connectivity index (χ2v) is 5.69. The van der Waals surface area contributed by atoms with Crippen LogP contribution in [-0.4, -0.2) is 37.0 Å². The zero-order chi connectivity index (χ0) is 13.9. The van der Waals surface area contributed by atoms with Crippen LogP contribution in [0.3, 0.4) is 0 Å². The third-order valence-electron chi connectivity index (χ3n) is 3.85. The molecule has 1 saturated carbocycles. The van der Waals surface area contributed by atoms with Crippen molar-refractivity contribution in [1.29, 1.82) is 0 Å². The summed E-state index contributed by atoms with van der Waals surface area (Å²) in [5.41, 5.74) is 5.81. The molecule has 0 radical (unpaired) electrons. The fourth-order valence-electron chi connectivity index (χ4n) is 2.42. The van der Waals surface area contributed by atoms with E-state index in [9.17, 15) is 4.79 Å². The number of carbonyl (C=O) groups is 1. The Morgan fingerprint density at radius 1 is 1.58 bits per heavy atom. The molecule has 0 saturated heterocycles. The lowest BCUT2D eigenvalue weighted by atomic mass is 9.75. The van der Waals surface area contributed by atoms with Crippen molar-refractivity contribution in [3.63, 3.8) is 0 Å². The van der Waals surface area contributed by atoms with Crippen molar-refractivity contribution in [2.24, 2.45) is 5.73 Å². The Balaban J connectivity index is 1.83. The molecule has 5 heteroatoms. The van der Waals surface area contributed by atoms with E-state index in [2.05, 4.69) is 5.32 Å². The number of amides is 1. The Hall–Kier alpha value is -1.33. The predicted molar refractivity (Wildman–Crippen MR) is 73.5 cm³/mol. The zero-order valence-corrected chi connectivity index (χ0v) is 11.7. The van der Waals surface area contributed by atoms with Crippen molar-refractivity contribution in [2.45, 2.75) is 37.3 Å². The van der Waals surface area contributed by atoms with Crippen molar-refractivity contribution in [3.8, 4) is 0 Å². The summed E-state index contributed by atoms with van der Waals surface area (Å²) >= 11 is 0. The van der Waals surface area contributed by atoms with Gasteiger partial charge in [-0.1, -0.05) is 0 Å². The van der Waals surface area contributed by atoms with Crippen LogP contribution in [0.1, 0.15) is 37.5 Å². The summed E-state index contributed by atoms with van der Waals surface area (Å²) < 4.78 is 5.40. The van der Waals surface area contributed by atoms with Gasteiger partial charge >= 0.3 is 0 Å². The molecule has 106 valence electrons. The van der Waals surface area contributed by atoms with Crippen molar-refractivity contribution in [1.82, 2.24) is 10.2 Å². The first-order valence-corrected chi connectivity index (χ1v) is 6.76. The molecule has 1 atom stereocenters. The van der Waals surface area contributed by atoms with Crippen molar-refractivity contribution in [3.05, 3.63) is 24.2 Å². The van der Waals surface area contributed by atoms with Gasteiger partial charge in [-0.15, -0.1) is 0 Å². The number of hydrogen-bond donors (Lipinski definition) is 2. The van der Waals surface area contributed by atoms with E-state index in [0.29, 0.717) is 13.0 Å². The fourth-order valence-corrected chi connectivity index (χ4v) is 2.42. The van der Waals surface area contributed by atoms with Crippen LogP contribution in [0, 0.1) is 0 Å². The van der Waals surface area contributed by atoms with Gasteiger partial charge < -0.3 is 15.5 Å². The Bertz CT molecular complexity index is 410. The second kappa shape index (κ2) is 5.75. The summed E-state index contributed by atoms with van der Waals surface area (Å²) in [5.74, 6) is 0.886. The normalized spacial score (nSPS) is 18.9. The number of furan rings is 1. The number of nitrogens with zero attached hydrogens (tertiary/aromatic N) is 1. The van der Waals surface area contributed by atoms with E-state index >= 15 is 0 Å². The van der Waals surface area contributed by atoms with Crippen LogP contribution in [0.5, 0.6) is 0 Å². The monoisotopic (exact) mass is 265 g/mol. The molecule has 0 aromatic carbocycles. The van der Waals surface area contributed by atoms with E-state index < -0.39 is 0 Å². The molecular formula is C14H23N3O2. The van der Waals surface area contributed by atoms with Crippen LogP contribution in [0.25, 0.3) is 0 Å². The van der Waals surface area contributed by atoms with Gasteiger partial charge in [-0.25, -0.2) is 0 Å². The second-order valence-electron chi connectivity index (χ2n) is 5.69. The maximum absolute atomic E-state index is 11.9. The summed E-state index contributed by atoms with van der Waals surface area (Å²) in [5, 5.41) is 2.96. The molecule has 1 heterocycles. The highest BCUT2D eigenvalue weighted by molar-refractivity contribution is 5.77. The molecule has 1 aromatic rings. The van der Waals surface area contributed by atoms with Gasteiger partial charge in [-0.05, 0) is 45.5 Å². The maximum Gasteiger partial charge on any atom is 0.221 e. The van der Waals surface area contributed by atoms with Gasteiger partial charge in [0, 0.05) is 18.5 Å². The number of likely N-dealkylation sites (N-methyl/N-ethyl adjacent to an activating group) is 1. The molecular weight excluding hydrogens is 242 g/mol. The Labute approximate surface area is 114 Å². The van der Waals surface area contributed by atoms with Gasteiger partial charge in [0.05, 0.1) is 12.3 Å². The maximum atomic E-state index is 11.9. The van der Waals surface area contributed by atoms with E-state index in [0.717, 1.165) is 25.0 Å². The standard InChI is InChI=1S/C14H23N3O2/c1-17(2)11(12-5-3-8-19-12)10-16-13(18)9-14(15)6-4-7-14/h3,5,8,11H,4,6-7,9-10,15H2,1-2H3,(H,16,18). The lowest BCUT2D eigenvalue weighted by Crippen LogP contribution is -2.50. The predicted octanol–water partition coefficient (Wildman–Crippen LogP) is 1.27. The van der Waals surface area contributed by atoms with Crippen molar-refractivity contribution < 1.29 is 9.21 Å². The number of nitrogens with one attached hydrogen (secondary N) is 1. The van der Waals surface area contributed by atoms with Crippen LogP contribution in [0.15, 0.2) is 22.8 Å². The van der Waals surface area contributed by atoms with E-state index in [1.54, 1.807) is 6.26 Å². The lowest BCUT2D eigenvalue weighted by Gasteiger charge is -2.37. The SMILES string of the molecule is CN(C)C(CNC(=O)CC1(N)CCC1)c1ccco1. The van der Waals surface area contributed by atoms with Crippen LogP contribution >= 0.6 is 0 Å². The van der Waals surface area contributed by atoms with Crippen LogP contribution in [-0.2, 0) is 4.79 Å². The quantitative estimate of drug-likeness (QED) is 0.812. The number of carbonyl (C=O) groups excluding carboxylic acids is 1. The van der Waals surface area contributed by atoms with Crippen LogP contribution in [0.4, 0.5) is 0 Å². The molecule has 1 fully saturated rings. The van der Waals surface area contributed by atoms with E-state index in [4.69, 9.17) is 10.2 Å². The van der Waals surface area contributed by atoms with Gasteiger partial charge in [0.1, 0.15) is 5.76 Å². The molecule has 1 aliphatic rings. The molecule has 1 aromatic heterocycles. The highest BCUT2D eigenvalue weighted by Gasteiger charge is 2.34. The average molecular weight is 265 g/mol. The summed E-state index contributed by atoms with van der Waals surface area (Å²) in [4.78, 5) is 13.9. The first-order chi connectivity index (χ1) is 9.00. The van der Waals surface area contributed by atoms with Crippen molar-refractivity contribution in [2.75, 3.05) is 20.6 Å². The number of rotatable bonds is 6. The molecule has 1 unspecified atom stereocenters. The Morgan fingerprint density at radius 2 is 2.32 bits per heavy atom. The molecule has 0 spiro atoms. The Kier molecular flexibility index (Phi) is 4.27. The third-order valence-corrected chi connectivity index (χ3v) is 3.85. The average Bonchev–Trinajstić information content (AvgIpc) is 2.80. The molecule has 0 aliphatic heterocycles. The molecule has 5 nitrogen and oxygen atoms in total.